The molecule has 0 aliphatic heterocycles. The van der Waals surface area contributed by atoms with Gasteiger partial charge in [-0.1, -0.05) is 139 Å². The summed E-state index contributed by atoms with van der Waals surface area (Å²) in [6.45, 7) is 0. The largest absolute Gasteiger partial charge is 0.456 e. The Morgan fingerprint density at radius 1 is 0.395 bits per heavy atom. The van der Waals surface area contributed by atoms with Crippen LogP contribution in [0.25, 0.3) is 87.6 Å². The van der Waals surface area contributed by atoms with Crippen LogP contribution in [0.2, 0.25) is 0 Å². The molecule has 43 heavy (non-hydrogen) atoms. The minimum atomic E-state index is -0.825. The maximum atomic E-state index is 9.40. The van der Waals surface area contributed by atoms with E-state index in [1.54, 1.807) is 0 Å². The smallest absolute Gasteiger partial charge is 0.136 e. The Morgan fingerprint density at radius 2 is 0.930 bits per heavy atom. The first kappa shape index (κ1) is 10.9. The highest BCUT2D eigenvalue weighted by Gasteiger charge is 2.17. The van der Waals surface area contributed by atoms with Crippen LogP contribution in [0, 0.1) is 0 Å². The van der Waals surface area contributed by atoms with Crippen LogP contribution in [0.4, 0.5) is 0 Å². The average molecular weight is 569 g/mol. The Kier molecular flexibility index (Phi) is 2.39. The van der Waals surface area contributed by atoms with E-state index in [-0.39, 0.29) is 55.0 Å². The Labute approximate surface area is 280 Å². The molecule has 0 N–H and O–H groups in total. The first-order valence-corrected chi connectivity index (χ1v) is 13.0. The minimum absolute atomic E-state index is 0.0550. The van der Waals surface area contributed by atoms with Crippen molar-refractivity contribution in [1.82, 2.24) is 0 Å². The highest BCUT2D eigenvalue weighted by atomic mass is 16.3. The first-order chi connectivity index (χ1) is 30.5. The molecule has 1 nitrogen and oxygen atoms in total. The van der Waals surface area contributed by atoms with E-state index >= 15 is 0 Å². The molecule has 9 rings (SSSR count). The number of hydrogen-bond acceptors (Lipinski definition) is 1. The monoisotopic (exact) mass is 568 g/mol. The molecule has 0 aliphatic rings. The normalized spacial score (nSPS) is 18.9. The van der Waals surface area contributed by atoms with Gasteiger partial charge in [0.1, 0.15) is 11.2 Å². The summed E-state index contributed by atoms with van der Waals surface area (Å²) in [6, 6.07) is -9.75. The lowest BCUT2D eigenvalue weighted by Crippen LogP contribution is -1.91. The Balaban J connectivity index is 1.46. The highest BCUT2D eigenvalue weighted by Crippen LogP contribution is 2.45. The van der Waals surface area contributed by atoms with Gasteiger partial charge in [0, 0.05) is 10.8 Å². The van der Waals surface area contributed by atoms with Gasteiger partial charge in [-0.25, -0.2) is 0 Å². The second-order valence-electron chi connectivity index (χ2n) is 9.59. The SMILES string of the molecule is [2H]c1c([2H])c([2H])c2c(oc3c([2H])c([2H])c([2H])c(-c4ccc(-c5c6c([2H])c([2H])c([2H])c([2H])c6c(-c6c([2H])c([2H])c7c([2H])c([2H])c([2H])c([2H])c7c6[2H])c6c([2H])c([2H])c([2H])c([2H])c56)cc4)c32)c1[2H]. The van der Waals surface area contributed by atoms with Gasteiger partial charge in [-0.3, -0.25) is 0 Å². The highest BCUT2D eigenvalue weighted by molar-refractivity contribution is 6.22. The van der Waals surface area contributed by atoms with E-state index in [0.29, 0.717) is 0 Å². The fourth-order valence-corrected chi connectivity index (χ4v) is 5.45. The van der Waals surface area contributed by atoms with E-state index in [9.17, 15) is 8.22 Å². The zero-order valence-electron chi connectivity index (χ0n) is 43.7. The van der Waals surface area contributed by atoms with Crippen molar-refractivity contribution in [2.24, 2.45) is 0 Å². The number of para-hydroxylation sites is 1. The summed E-state index contributed by atoms with van der Waals surface area (Å²) in [6.07, 6.45) is 0. The van der Waals surface area contributed by atoms with Gasteiger partial charge in [0.25, 0.3) is 0 Å². The molecule has 0 unspecified atom stereocenters. The van der Waals surface area contributed by atoms with Crippen LogP contribution in [0.3, 0.4) is 0 Å². The van der Waals surface area contributed by atoms with Crippen molar-refractivity contribution in [3.05, 3.63) is 157 Å². The standard InChI is InChI=1S/C42H26O/c1-2-11-30-26-31(25-20-27(30)10-1)41-35-14-5-3-12-33(35)40(34-13-4-6-15-36(34)41)29-23-21-28(22-24-29)32-17-9-19-39-42(32)37-16-7-8-18-38(37)43-39/h1-26H/i1D,2D,3D,4D,5D,6D,7D,8D,9D,10D,11D,12D,13D,14D,15D,16D,17D,18D,19D,20D,25D,26D. The van der Waals surface area contributed by atoms with Crippen LogP contribution in [0.1, 0.15) is 30.2 Å². The summed E-state index contributed by atoms with van der Waals surface area (Å²) in [5.41, 5.74) is -1.67. The van der Waals surface area contributed by atoms with Gasteiger partial charge in [-0.05, 0) is 83.8 Å². The first-order valence-electron chi connectivity index (χ1n) is 24.0. The molecular formula is C42H26O. The fraction of sp³-hybridized carbons (Fsp3) is 0. The van der Waals surface area contributed by atoms with Crippen LogP contribution in [0.15, 0.2) is 162 Å². The predicted octanol–water partition coefficient (Wildman–Crippen LogP) is 12.0. The number of fused-ring (bicyclic) bond motifs is 6. The quantitative estimate of drug-likeness (QED) is 0.193. The summed E-state index contributed by atoms with van der Waals surface area (Å²) in [5, 5.41) is -2.74. The average Bonchev–Trinajstić information content (AvgIpc) is 3.69. The zero-order valence-corrected chi connectivity index (χ0v) is 21.7. The van der Waals surface area contributed by atoms with Gasteiger partial charge < -0.3 is 4.42 Å². The van der Waals surface area contributed by atoms with Gasteiger partial charge in [0.2, 0.25) is 0 Å². The maximum absolute atomic E-state index is 9.40. The fourth-order valence-electron chi connectivity index (χ4n) is 5.45. The molecule has 0 amide bonds. The third-order valence-corrected chi connectivity index (χ3v) is 7.29. The molecular weight excluding hydrogens is 520 g/mol. The van der Waals surface area contributed by atoms with Crippen molar-refractivity contribution in [2.75, 3.05) is 0 Å². The number of rotatable bonds is 3. The summed E-state index contributed by atoms with van der Waals surface area (Å²) < 4.78 is 199. The number of benzene rings is 8. The van der Waals surface area contributed by atoms with Gasteiger partial charge in [0.05, 0.1) is 30.2 Å². The zero-order chi connectivity index (χ0) is 47.5. The molecule has 8 aromatic carbocycles. The van der Waals surface area contributed by atoms with Gasteiger partial charge in [0.15, 0.2) is 0 Å². The molecule has 0 radical (unpaired) electrons. The Bertz CT molecular complexity index is 3640. The van der Waals surface area contributed by atoms with Crippen LogP contribution < -0.4 is 0 Å². The van der Waals surface area contributed by atoms with Crippen molar-refractivity contribution in [3.8, 4) is 33.4 Å². The second kappa shape index (κ2) is 9.44. The van der Waals surface area contributed by atoms with Gasteiger partial charge in [-0.2, -0.15) is 0 Å². The number of hydrogen-bond donors (Lipinski definition) is 0. The molecule has 1 heteroatoms. The lowest BCUT2D eigenvalue weighted by atomic mass is 9.85. The van der Waals surface area contributed by atoms with Gasteiger partial charge >= 0.3 is 0 Å². The van der Waals surface area contributed by atoms with Crippen LogP contribution in [-0.2, 0) is 0 Å². The minimum Gasteiger partial charge on any atom is -0.456 e. The lowest BCUT2D eigenvalue weighted by molar-refractivity contribution is 0.669. The molecule has 0 spiro atoms. The summed E-state index contributed by atoms with van der Waals surface area (Å²) >= 11 is 0. The molecule has 0 fully saturated rings. The Hall–Kier alpha value is -5.66. The van der Waals surface area contributed by atoms with E-state index in [4.69, 9.17) is 26.3 Å². The maximum Gasteiger partial charge on any atom is 0.136 e. The van der Waals surface area contributed by atoms with Crippen LogP contribution in [0.5, 0.6) is 0 Å². The molecule has 200 valence electrons. The molecule has 9 aromatic rings. The lowest BCUT2D eigenvalue weighted by Gasteiger charge is -2.18. The summed E-state index contributed by atoms with van der Waals surface area (Å²) in [4.78, 5) is 0. The Morgan fingerprint density at radius 3 is 1.63 bits per heavy atom. The predicted molar refractivity (Wildman–Crippen MR) is 183 cm³/mol. The van der Waals surface area contributed by atoms with Crippen molar-refractivity contribution < 1.29 is 34.6 Å². The topological polar surface area (TPSA) is 13.1 Å². The molecule has 1 aromatic heterocycles. The summed E-state index contributed by atoms with van der Waals surface area (Å²) in [7, 11) is 0. The van der Waals surface area contributed by atoms with Crippen molar-refractivity contribution in [3.63, 3.8) is 0 Å². The van der Waals surface area contributed by atoms with Crippen molar-refractivity contribution in [1.29, 1.82) is 0 Å². The van der Waals surface area contributed by atoms with E-state index < -0.39 is 166 Å². The second-order valence-corrected chi connectivity index (χ2v) is 9.59. The van der Waals surface area contributed by atoms with E-state index in [1.807, 2.05) is 0 Å². The van der Waals surface area contributed by atoms with E-state index in [1.165, 1.54) is 24.3 Å². The van der Waals surface area contributed by atoms with Crippen LogP contribution in [-0.4, -0.2) is 0 Å². The van der Waals surface area contributed by atoms with E-state index in [0.717, 1.165) is 0 Å². The summed E-state index contributed by atoms with van der Waals surface area (Å²) in [5.74, 6) is 0. The van der Waals surface area contributed by atoms with Crippen LogP contribution >= 0.6 is 0 Å². The molecule has 0 aliphatic carbocycles. The molecule has 1 heterocycles. The van der Waals surface area contributed by atoms with Gasteiger partial charge in [-0.15, -0.1) is 0 Å². The third-order valence-electron chi connectivity index (χ3n) is 7.29. The molecule has 0 saturated heterocycles. The molecule has 0 saturated carbocycles. The molecule has 0 bridgehead atoms. The number of furan rings is 1. The van der Waals surface area contributed by atoms with Crippen molar-refractivity contribution >= 4 is 54.3 Å². The van der Waals surface area contributed by atoms with Crippen molar-refractivity contribution in [2.45, 2.75) is 0 Å². The third kappa shape index (κ3) is 3.72. The molecule has 0 atom stereocenters. The van der Waals surface area contributed by atoms with E-state index in [2.05, 4.69) is 0 Å².